The molecule has 0 amide bonds. The molecule has 2 heterocycles. The Balaban J connectivity index is 1.40. The molecule has 48 heavy (non-hydrogen) atoms. The third-order valence-corrected chi connectivity index (χ3v) is 11.0. The zero-order chi connectivity index (χ0) is 32.0. The third-order valence-electron chi connectivity index (χ3n) is 9.97. The summed E-state index contributed by atoms with van der Waals surface area (Å²) >= 11 is 7.24. The number of amidine groups is 2. The van der Waals surface area contributed by atoms with Gasteiger partial charge >= 0.3 is 0 Å². The van der Waals surface area contributed by atoms with E-state index in [1.165, 1.54) is 0 Å². The molecule has 4 nitrogen and oxygen atoms in total. The molecule has 0 aromatic heterocycles. The third kappa shape index (κ3) is 3.64. The number of hydrogen-bond donors (Lipinski definition) is 0. The molecule has 2 aliphatic heterocycles. The molecular formula is C42H24Br2N4. The highest BCUT2D eigenvalue weighted by atomic mass is 79.9. The molecule has 0 N–H and O–H groups in total. The molecule has 0 bridgehead atoms. The van der Waals surface area contributed by atoms with E-state index in [1.807, 2.05) is 24.3 Å². The molecule has 6 heteroatoms. The van der Waals surface area contributed by atoms with Gasteiger partial charge in [-0.05, 0) is 57.6 Å². The molecule has 2 aliphatic carbocycles. The summed E-state index contributed by atoms with van der Waals surface area (Å²) in [5.41, 5.74) is 10.3. The van der Waals surface area contributed by atoms with E-state index in [0.29, 0.717) is 11.7 Å². The first kappa shape index (κ1) is 28.0. The normalized spacial score (nSPS) is 21.0. The fourth-order valence-corrected chi connectivity index (χ4v) is 8.53. The zero-order valence-corrected chi connectivity index (χ0v) is 28.6. The van der Waals surface area contributed by atoms with E-state index in [9.17, 15) is 0 Å². The van der Waals surface area contributed by atoms with Crippen LogP contribution in [0.1, 0.15) is 33.4 Å². The first-order chi connectivity index (χ1) is 23.6. The molecule has 226 valence electrons. The minimum absolute atomic E-state index is 0.682. The lowest BCUT2D eigenvalue weighted by molar-refractivity contribution is 0.419. The predicted molar refractivity (Wildman–Crippen MR) is 202 cm³/mol. The average molecular weight is 744 g/mol. The Labute approximate surface area is 294 Å². The van der Waals surface area contributed by atoms with Gasteiger partial charge in [0.2, 0.25) is 0 Å². The maximum absolute atomic E-state index is 5.86. The van der Waals surface area contributed by atoms with Gasteiger partial charge in [-0.3, -0.25) is 0 Å². The van der Waals surface area contributed by atoms with Gasteiger partial charge < -0.3 is 0 Å². The van der Waals surface area contributed by atoms with E-state index in [0.717, 1.165) is 76.0 Å². The zero-order valence-electron chi connectivity index (χ0n) is 25.4. The van der Waals surface area contributed by atoms with E-state index in [2.05, 4.69) is 153 Å². The van der Waals surface area contributed by atoms with Crippen molar-refractivity contribution in [2.24, 2.45) is 20.0 Å². The summed E-state index contributed by atoms with van der Waals surface area (Å²) < 4.78 is 2.01. The SMILES string of the molecule is Brc1ccc(C2=NC3(C45N=C(c6ccc(Br)cc6)N=C4c4ccccc4-c4ccccc45)C(=N2)c2ccccc2-c2ccccc23)cc1. The summed E-state index contributed by atoms with van der Waals surface area (Å²) in [5, 5.41) is 0. The van der Waals surface area contributed by atoms with Crippen LogP contribution in [0.4, 0.5) is 0 Å². The molecule has 0 saturated carbocycles. The van der Waals surface area contributed by atoms with Crippen LogP contribution < -0.4 is 0 Å². The first-order valence-electron chi connectivity index (χ1n) is 15.9. The Morgan fingerprint density at radius 3 is 1.08 bits per heavy atom. The van der Waals surface area contributed by atoms with Crippen molar-refractivity contribution in [3.63, 3.8) is 0 Å². The monoisotopic (exact) mass is 742 g/mol. The Morgan fingerprint density at radius 1 is 0.354 bits per heavy atom. The van der Waals surface area contributed by atoms with E-state index in [-0.39, 0.29) is 0 Å². The fraction of sp³-hybridized carbons (Fsp3) is 0.0476. The Morgan fingerprint density at radius 2 is 0.688 bits per heavy atom. The van der Waals surface area contributed by atoms with Crippen molar-refractivity contribution in [1.29, 1.82) is 0 Å². The van der Waals surface area contributed by atoms with Gasteiger partial charge in [0, 0.05) is 31.2 Å². The Kier molecular flexibility index (Phi) is 5.97. The van der Waals surface area contributed by atoms with Gasteiger partial charge in [-0.2, -0.15) is 0 Å². The average Bonchev–Trinajstić information content (AvgIpc) is 3.76. The lowest BCUT2D eigenvalue weighted by Crippen LogP contribution is -2.58. The minimum Gasteiger partial charge on any atom is -0.245 e. The van der Waals surface area contributed by atoms with Gasteiger partial charge in [0.25, 0.3) is 0 Å². The second kappa shape index (κ2) is 10.2. The standard InChI is InChI=1S/C42H24Br2N4/c43-27-21-17-25(18-22-27)39-45-37-33-13-3-1-9-29(33)31-11-5-7-15-35(31)41(37,47-39)42-36-16-8-6-12-32(36)30-10-2-4-14-34(30)38(42)46-40(48-42)26-19-23-28(44)24-20-26/h1-24H. The second-order valence-corrected chi connectivity index (χ2v) is 14.2. The number of aliphatic imine (C=N–C) groups is 4. The number of nitrogens with zero attached hydrogens (tertiary/aromatic N) is 4. The molecule has 2 unspecified atom stereocenters. The summed E-state index contributed by atoms with van der Waals surface area (Å²) in [6.07, 6.45) is 0. The number of fused-ring (bicyclic) bond motifs is 13. The number of benzene rings is 6. The van der Waals surface area contributed by atoms with Crippen molar-refractivity contribution < 1.29 is 0 Å². The highest BCUT2D eigenvalue weighted by molar-refractivity contribution is 9.10. The van der Waals surface area contributed by atoms with Crippen LogP contribution in [0.3, 0.4) is 0 Å². The molecule has 6 aromatic carbocycles. The van der Waals surface area contributed by atoms with Gasteiger partial charge in [-0.1, -0.05) is 153 Å². The van der Waals surface area contributed by atoms with Crippen molar-refractivity contribution >= 4 is 55.0 Å². The molecule has 0 fully saturated rings. The quantitative estimate of drug-likeness (QED) is 0.173. The molecule has 2 atom stereocenters. The summed E-state index contributed by atoms with van der Waals surface area (Å²) in [7, 11) is 0. The summed E-state index contributed by atoms with van der Waals surface area (Å²) in [6.45, 7) is 0. The predicted octanol–water partition coefficient (Wildman–Crippen LogP) is 10.2. The van der Waals surface area contributed by atoms with Crippen LogP contribution in [0.15, 0.2) is 175 Å². The van der Waals surface area contributed by atoms with Gasteiger partial charge in [-0.15, -0.1) is 0 Å². The molecule has 0 saturated heterocycles. The van der Waals surface area contributed by atoms with E-state index in [1.54, 1.807) is 0 Å². The van der Waals surface area contributed by atoms with E-state index >= 15 is 0 Å². The molecular weight excluding hydrogens is 720 g/mol. The second-order valence-electron chi connectivity index (χ2n) is 12.4. The lowest BCUT2D eigenvalue weighted by atomic mass is 9.56. The van der Waals surface area contributed by atoms with Crippen molar-refractivity contribution in [2.75, 3.05) is 0 Å². The van der Waals surface area contributed by atoms with Crippen LogP contribution in [0, 0.1) is 0 Å². The number of halogens is 2. The first-order valence-corrected chi connectivity index (χ1v) is 17.5. The van der Waals surface area contributed by atoms with Crippen molar-refractivity contribution in [1.82, 2.24) is 0 Å². The summed E-state index contributed by atoms with van der Waals surface area (Å²) in [4.78, 5) is 22.7. The summed E-state index contributed by atoms with van der Waals surface area (Å²) in [5.74, 6) is 1.36. The number of hydrogen-bond acceptors (Lipinski definition) is 4. The van der Waals surface area contributed by atoms with Crippen LogP contribution in [0.25, 0.3) is 22.3 Å². The lowest BCUT2D eigenvalue weighted by Gasteiger charge is -2.49. The largest absolute Gasteiger partial charge is 0.245 e. The maximum Gasteiger partial charge on any atom is 0.166 e. The van der Waals surface area contributed by atoms with E-state index < -0.39 is 11.1 Å². The van der Waals surface area contributed by atoms with Gasteiger partial charge in [-0.25, -0.2) is 20.0 Å². The van der Waals surface area contributed by atoms with Crippen molar-refractivity contribution in [3.05, 3.63) is 188 Å². The maximum atomic E-state index is 5.86. The topological polar surface area (TPSA) is 49.4 Å². The van der Waals surface area contributed by atoms with Gasteiger partial charge in [0.15, 0.2) is 22.7 Å². The molecule has 0 radical (unpaired) electrons. The van der Waals surface area contributed by atoms with Gasteiger partial charge in [0.1, 0.15) is 0 Å². The fourth-order valence-electron chi connectivity index (χ4n) is 8.00. The van der Waals surface area contributed by atoms with Crippen LogP contribution in [0.2, 0.25) is 0 Å². The summed E-state index contributed by atoms with van der Waals surface area (Å²) in [6, 6.07) is 51.0. The molecule has 0 spiro atoms. The van der Waals surface area contributed by atoms with E-state index in [4.69, 9.17) is 20.0 Å². The van der Waals surface area contributed by atoms with Crippen LogP contribution >= 0.6 is 31.9 Å². The molecule has 6 aromatic rings. The van der Waals surface area contributed by atoms with Crippen molar-refractivity contribution in [3.8, 4) is 22.3 Å². The highest BCUT2D eigenvalue weighted by Crippen LogP contribution is 2.62. The van der Waals surface area contributed by atoms with Crippen LogP contribution in [0.5, 0.6) is 0 Å². The van der Waals surface area contributed by atoms with Crippen LogP contribution in [-0.2, 0) is 11.1 Å². The number of rotatable bonds is 3. The smallest absolute Gasteiger partial charge is 0.166 e. The van der Waals surface area contributed by atoms with Crippen LogP contribution in [-0.4, -0.2) is 23.1 Å². The van der Waals surface area contributed by atoms with Crippen molar-refractivity contribution in [2.45, 2.75) is 11.1 Å². The Hall–Kier alpha value is -5.04. The van der Waals surface area contributed by atoms with Gasteiger partial charge in [0.05, 0.1) is 11.4 Å². The highest BCUT2D eigenvalue weighted by Gasteiger charge is 2.68. The minimum atomic E-state index is -1.07. The molecule has 4 aliphatic rings. The molecule has 10 rings (SSSR count). The Bertz CT molecular complexity index is 2300.